The van der Waals surface area contributed by atoms with Crippen LogP contribution in [0.5, 0.6) is 0 Å². The van der Waals surface area contributed by atoms with Crippen molar-refractivity contribution in [3.05, 3.63) is 18.0 Å². The molecule has 0 spiro atoms. The van der Waals surface area contributed by atoms with E-state index in [4.69, 9.17) is 8.94 Å². The van der Waals surface area contributed by atoms with Crippen LogP contribution in [0, 0.1) is 0 Å². The van der Waals surface area contributed by atoms with Crippen LogP contribution in [0.3, 0.4) is 0 Å². The molecule has 0 aromatic carbocycles. The smallest absolute Gasteiger partial charge is 0.293 e. The Hall–Kier alpha value is -1.42. The van der Waals surface area contributed by atoms with Crippen LogP contribution in [-0.2, 0) is 16.4 Å². The minimum absolute atomic E-state index is 0. The average Bonchev–Trinajstić information content (AvgIpc) is 3.06. The fourth-order valence-corrected chi connectivity index (χ4v) is 2.36. The van der Waals surface area contributed by atoms with Gasteiger partial charge in [0.2, 0.25) is 5.09 Å². The minimum Gasteiger partial charge on any atom is -0.438 e. The molecule has 124 valence electrons. The van der Waals surface area contributed by atoms with Crippen molar-refractivity contribution in [2.45, 2.75) is 24.5 Å². The van der Waals surface area contributed by atoms with Crippen molar-refractivity contribution in [1.82, 2.24) is 19.8 Å². The lowest BCUT2D eigenvalue weighted by atomic mass is 10.2. The summed E-state index contributed by atoms with van der Waals surface area (Å²) in [4.78, 5) is 4.19. The number of nitrogens with zero attached hydrogens (tertiary/aromatic N) is 3. The summed E-state index contributed by atoms with van der Waals surface area (Å²) in [7, 11) is 1.09. The number of likely N-dealkylation sites (N-methyl/N-ethyl adjacent to an activating group) is 1. The Bertz CT molecular complexity index is 710. The first-order valence-electron chi connectivity index (χ1n) is 6.37. The lowest BCUT2D eigenvalue weighted by molar-refractivity contribution is 0.388. The maximum Gasteiger partial charge on any atom is 0.293 e. The third kappa shape index (κ3) is 3.86. The Morgan fingerprint density at radius 2 is 2.05 bits per heavy atom. The number of aromatic nitrogens is 2. The molecule has 0 radical (unpaired) electrons. The van der Waals surface area contributed by atoms with Crippen LogP contribution < -0.4 is 5.32 Å². The second kappa shape index (κ2) is 7.23. The highest BCUT2D eigenvalue weighted by molar-refractivity contribution is 7.88. The molecule has 0 aliphatic carbocycles. The van der Waals surface area contributed by atoms with Crippen LogP contribution in [0.1, 0.15) is 12.7 Å². The molecule has 2 heterocycles. The van der Waals surface area contributed by atoms with Gasteiger partial charge in [0.1, 0.15) is 0 Å². The van der Waals surface area contributed by atoms with Gasteiger partial charge in [0, 0.05) is 26.6 Å². The standard InChI is InChI=1S/C12H18N4O4S.ClH/c1-8(13-2)7-10-14-12(20-15-10)9-5-6-11(19-9)21(17,18)16(3)4;/h5-6,8,13H,7H2,1-4H3;1H. The molecule has 2 rings (SSSR count). The number of halogens is 1. The summed E-state index contributed by atoms with van der Waals surface area (Å²) >= 11 is 0. The van der Waals surface area contributed by atoms with E-state index >= 15 is 0 Å². The lowest BCUT2D eigenvalue weighted by Crippen LogP contribution is -2.24. The predicted molar refractivity (Wildman–Crippen MR) is 82.3 cm³/mol. The number of nitrogens with one attached hydrogen (secondary N) is 1. The van der Waals surface area contributed by atoms with Crippen LogP contribution in [0.25, 0.3) is 11.7 Å². The van der Waals surface area contributed by atoms with E-state index in [1.807, 2.05) is 14.0 Å². The first-order chi connectivity index (χ1) is 9.84. The molecule has 0 fully saturated rings. The van der Waals surface area contributed by atoms with Crippen molar-refractivity contribution in [3.63, 3.8) is 0 Å². The zero-order valence-corrected chi connectivity index (χ0v) is 14.4. The fourth-order valence-electron chi connectivity index (χ4n) is 1.57. The molecule has 2 aromatic rings. The highest BCUT2D eigenvalue weighted by Gasteiger charge is 2.23. The first-order valence-corrected chi connectivity index (χ1v) is 7.81. The van der Waals surface area contributed by atoms with Gasteiger partial charge < -0.3 is 14.3 Å². The van der Waals surface area contributed by atoms with E-state index in [9.17, 15) is 8.42 Å². The molecule has 10 heteroatoms. The molecular formula is C12H19ClN4O4S. The maximum absolute atomic E-state index is 11.9. The summed E-state index contributed by atoms with van der Waals surface area (Å²) in [6.45, 7) is 1.99. The molecule has 2 aromatic heterocycles. The van der Waals surface area contributed by atoms with Gasteiger partial charge in [-0.25, -0.2) is 12.7 Å². The Kier molecular flexibility index (Phi) is 6.12. The number of hydrogen-bond donors (Lipinski definition) is 1. The van der Waals surface area contributed by atoms with Gasteiger partial charge in [0.05, 0.1) is 0 Å². The largest absolute Gasteiger partial charge is 0.438 e. The molecule has 0 bridgehead atoms. The van der Waals surface area contributed by atoms with Gasteiger partial charge in [-0.2, -0.15) is 4.98 Å². The van der Waals surface area contributed by atoms with Crippen LogP contribution in [0.4, 0.5) is 0 Å². The average molecular weight is 351 g/mol. The topological polar surface area (TPSA) is 101 Å². The van der Waals surface area contributed by atoms with Crippen molar-refractivity contribution in [1.29, 1.82) is 0 Å². The molecule has 1 unspecified atom stereocenters. The van der Waals surface area contributed by atoms with E-state index in [2.05, 4.69) is 15.5 Å². The van der Waals surface area contributed by atoms with Gasteiger partial charge in [0.25, 0.3) is 15.9 Å². The predicted octanol–water partition coefficient (Wildman–Crippen LogP) is 1.15. The molecule has 8 nitrogen and oxygen atoms in total. The van der Waals surface area contributed by atoms with Crippen molar-refractivity contribution in [3.8, 4) is 11.7 Å². The fraction of sp³-hybridized carbons (Fsp3) is 0.500. The number of hydrogen-bond acceptors (Lipinski definition) is 7. The van der Waals surface area contributed by atoms with Crippen LogP contribution in [-0.4, -0.2) is 50.0 Å². The zero-order valence-electron chi connectivity index (χ0n) is 12.7. The normalized spacial score (nSPS) is 13.1. The molecule has 1 atom stereocenters. The van der Waals surface area contributed by atoms with Gasteiger partial charge in [-0.05, 0) is 26.1 Å². The molecule has 0 saturated carbocycles. The number of furan rings is 1. The second-order valence-electron chi connectivity index (χ2n) is 4.82. The SMILES string of the molecule is CNC(C)Cc1noc(-c2ccc(S(=O)(=O)N(C)C)o2)n1.Cl. The van der Waals surface area contributed by atoms with E-state index in [0.29, 0.717) is 12.2 Å². The summed E-state index contributed by atoms with van der Waals surface area (Å²) in [6.07, 6.45) is 0.601. The summed E-state index contributed by atoms with van der Waals surface area (Å²) in [5.74, 6) is 0.917. The molecular weight excluding hydrogens is 332 g/mol. The summed E-state index contributed by atoms with van der Waals surface area (Å²) in [6, 6.07) is 3.07. The first kappa shape index (κ1) is 18.6. The van der Waals surface area contributed by atoms with Crippen molar-refractivity contribution in [2.24, 2.45) is 0 Å². The highest BCUT2D eigenvalue weighted by atomic mass is 35.5. The quantitative estimate of drug-likeness (QED) is 0.833. The molecule has 0 saturated heterocycles. The molecule has 0 aliphatic heterocycles. The van der Waals surface area contributed by atoms with Gasteiger partial charge in [-0.1, -0.05) is 5.16 Å². The van der Waals surface area contributed by atoms with Crippen molar-refractivity contribution in [2.75, 3.05) is 21.1 Å². The van der Waals surface area contributed by atoms with Crippen LogP contribution in [0.15, 0.2) is 26.2 Å². The van der Waals surface area contributed by atoms with E-state index in [1.165, 1.54) is 26.2 Å². The molecule has 0 amide bonds. The van der Waals surface area contributed by atoms with Gasteiger partial charge >= 0.3 is 0 Å². The third-order valence-electron chi connectivity index (χ3n) is 2.98. The Morgan fingerprint density at radius 3 is 2.64 bits per heavy atom. The number of sulfonamides is 1. The third-order valence-corrected chi connectivity index (χ3v) is 4.67. The van der Waals surface area contributed by atoms with E-state index in [1.54, 1.807) is 0 Å². The maximum atomic E-state index is 11.9. The zero-order chi connectivity index (χ0) is 15.6. The monoisotopic (exact) mass is 350 g/mol. The van der Waals surface area contributed by atoms with E-state index in [-0.39, 0.29) is 35.2 Å². The van der Waals surface area contributed by atoms with E-state index < -0.39 is 10.0 Å². The van der Waals surface area contributed by atoms with Crippen LogP contribution >= 0.6 is 12.4 Å². The molecule has 22 heavy (non-hydrogen) atoms. The Morgan fingerprint density at radius 1 is 1.36 bits per heavy atom. The van der Waals surface area contributed by atoms with Gasteiger partial charge in [-0.3, -0.25) is 0 Å². The summed E-state index contributed by atoms with van der Waals surface area (Å²) in [5, 5.41) is 6.75. The highest BCUT2D eigenvalue weighted by Crippen LogP contribution is 2.24. The second-order valence-corrected chi connectivity index (χ2v) is 6.90. The van der Waals surface area contributed by atoms with Crippen LogP contribution in [0.2, 0.25) is 0 Å². The van der Waals surface area contributed by atoms with Gasteiger partial charge in [-0.15, -0.1) is 12.4 Å². The van der Waals surface area contributed by atoms with Gasteiger partial charge in [0.15, 0.2) is 11.6 Å². The Balaban J connectivity index is 0.00000242. The molecule has 1 N–H and O–H groups in total. The number of rotatable bonds is 6. The van der Waals surface area contributed by atoms with Crippen molar-refractivity contribution < 1.29 is 17.4 Å². The lowest BCUT2D eigenvalue weighted by Gasteiger charge is -2.07. The van der Waals surface area contributed by atoms with Crippen molar-refractivity contribution >= 4 is 22.4 Å². The van der Waals surface area contributed by atoms with E-state index in [0.717, 1.165) is 4.31 Å². The summed E-state index contributed by atoms with van der Waals surface area (Å²) < 4.78 is 35.3. The summed E-state index contributed by atoms with van der Waals surface area (Å²) in [5.41, 5.74) is 0. The Labute approximate surface area is 135 Å². The minimum atomic E-state index is -3.61. The molecule has 0 aliphatic rings.